The van der Waals surface area contributed by atoms with Gasteiger partial charge < -0.3 is 4.42 Å². The van der Waals surface area contributed by atoms with Crippen LogP contribution in [0, 0.1) is 13.8 Å². The summed E-state index contributed by atoms with van der Waals surface area (Å²) in [6.07, 6.45) is 4.17. The normalized spacial score (nSPS) is 14.3. The summed E-state index contributed by atoms with van der Waals surface area (Å²) in [7, 11) is 0. The number of aromatic amines is 1. The van der Waals surface area contributed by atoms with Gasteiger partial charge >= 0.3 is 0 Å². The highest BCUT2D eigenvalue weighted by Crippen LogP contribution is 2.38. The summed E-state index contributed by atoms with van der Waals surface area (Å²) >= 11 is 1.58. The zero-order valence-corrected chi connectivity index (χ0v) is 14.0. The van der Waals surface area contributed by atoms with Crippen LogP contribution in [0.25, 0.3) is 11.5 Å². The molecule has 0 bridgehead atoms. The minimum atomic E-state index is 0.597. The molecule has 0 saturated heterocycles. The third-order valence-corrected chi connectivity index (χ3v) is 4.84. The quantitative estimate of drug-likeness (QED) is 0.710. The number of hydrogen-bond acceptors (Lipinski definition) is 5. The van der Waals surface area contributed by atoms with E-state index in [9.17, 15) is 0 Å². The monoisotopic (exact) mass is 326 g/mol. The molecular weight excluding hydrogens is 308 g/mol. The van der Waals surface area contributed by atoms with Crippen molar-refractivity contribution in [3.05, 3.63) is 47.1 Å². The molecular formula is C17H18N4OS. The van der Waals surface area contributed by atoms with Gasteiger partial charge in [0.2, 0.25) is 11.0 Å². The van der Waals surface area contributed by atoms with Crippen LogP contribution in [-0.2, 0) is 5.75 Å². The maximum Gasteiger partial charge on any atom is 0.226 e. The van der Waals surface area contributed by atoms with E-state index < -0.39 is 0 Å². The third kappa shape index (κ3) is 3.17. The maximum atomic E-state index is 5.64. The van der Waals surface area contributed by atoms with E-state index in [0.717, 1.165) is 22.2 Å². The largest absolute Gasteiger partial charge is 0.444 e. The van der Waals surface area contributed by atoms with Gasteiger partial charge in [0.15, 0.2) is 0 Å². The zero-order valence-electron chi connectivity index (χ0n) is 13.2. The smallest absolute Gasteiger partial charge is 0.226 e. The number of oxazole rings is 1. The van der Waals surface area contributed by atoms with E-state index in [1.165, 1.54) is 24.0 Å². The Morgan fingerprint density at radius 3 is 2.91 bits per heavy atom. The number of aromatic nitrogens is 4. The van der Waals surface area contributed by atoms with Crippen molar-refractivity contribution in [1.82, 2.24) is 20.2 Å². The molecule has 0 amide bonds. The van der Waals surface area contributed by atoms with Crippen molar-refractivity contribution in [1.29, 1.82) is 0 Å². The van der Waals surface area contributed by atoms with Crippen LogP contribution in [0.4, 0.5) is 0 Å². The first-order valence-electron chi connectivity index (χ1n) is 7.76. The first-order chi connectivity index (χ1) is 11.2. The lowest BCUT2D eigenvalue weighted by atomic mass is 10.1. The fraction of sp³-hybridized carbons (Fsp3) is 0.353. The highest BCUT2D eigenvalue weighted by molar-refractivity contribution is 7.98. The summed E-state index contributed by atoms with van der Waals surface area (Å²) in [4.78, 5) is 9.10. The molecule has 1 saturated carbocycles. The Morgan fingerprint density at radius 1 is 1.26 bits per heavy atom. The second-order valence-electron chi connectivity index (χ2n) is 6.03. The predicted molar refractivity (Wildman–Crippen MR) is 89.3 cm³/mol. The number of rotatable bonds is 5. The van der Waals surface area contributed by atoms with E-state index in [0.29, 0.717) is 17.6 Å². The van der Waals surface area contributed by atoms with Crippen LogP contribution in [0.15, 0.2) is 34.0 Å². The molecule has 118 valence electrons. The molecule has 5 nitrogen and oxygen atoms in total. The summed E-state index contributed by atoms with van der Waals surface area (Å²) in [6.45, 7) is 4.16. The Balaban J connectivity index is 1.44. The van der Waals surface area contributed by atoms with E-state index in [1.54, 1.807) is 18.0 Å². The zero-order chi connectivity index (χ0) is 15.8. The maximum absolute atomic E-state index is 5.64. The van der Waals surface area contributed by atoms with E-state index in [4.69, 9.17) is 4.42 Å². The van der Waals surface area contributed by atoms with Gasteiger partial charge in [-0.3, -0.25) is 5.10 Å². The van der Waals surface area contributed by atoms with Gasteiger partial charge in [0, 0.05) is 17.2 Å². The molecule has 0 spiro atoms. The molecule has 2 heterocycles. The molecule has 0 radical (unpaired) electrons. The van der Waals surface area contributed by atoms with Gasteiger partial charge in [-0.05, 0) is 38.3 Å². The van der Waals surface area contributed by atoms with Crippen molar-refractivity contribution in [2.24, 2.45) is 0 Å². The summed E-state index contributed by atoms with van der Waals surface area (Å²) in [5.41, 5.74) is 4.36. The Labute approximate surface area is 138 Å². The van der Waals surface area contributed by atoms with Crippen molar-refractivity contribution in [3.63, 3.8) is 0 Å². The van der Waals surface area contributed by atoms with Gasteiger partial charge in [-0.25, -0.2) is 9.97 Å². The topological polar surface area (TPSA) is 67.6 Å². The number of nitrogens with one attached hydrogen (secondary N) is 1. The van der Waals surface area contributed by atoms with Gasteiger partial charge in [0.1, 0.15) is 12.1 Å². The summed E-state index contributed by atoms with van der Waals surface area (Å²) < 4.78 is 5.64. The van der Waals surface area contributed by atoms with Crippen LogP contribution in [-0.4, -0.2) is 20.2 Å². The average molecular weight is 326 g/mol. The van der Waals surface area contributed by atoms with Gasteiger partial charge in [0.25, 0.3) is 0 Å². The Bertz CT molecular complexity index is 835. The van der Waals surface area contributed by atoms with E-state index in [2.05, 4.69) is 52.2 Å². The van der Waals surface area contributed by atoms with Gasteiger partial charge in [-0.2, -0.15) is 0 Å². The van der Waals surface area contributed by atoms with Crippen LogP contribution in [0.2, 0.25) is 0 Å². The molecule has 0 unspecified atom stereocenters. The third-order valence-electron chi connectivity index (χ3n) is 3.96. The van der Waals surface area contributed by atoms with Crippen LogP contribution in [0.3, 0.4) is 0 Å². The summed E-state index contributed by atoms with van der Waals surface area (Å²) in [6, 6.07) is 6.28. The average Bonchev–Trinajstić information content (AvgIpc) is 3.09. The SMILES string of the molecule is Cc1ccc(-c2nc(CSc3n[nH]c(C4CC4)n3)co2)c(C)c1. The number of nitrogens with zero attached hydrogens (tertiary/aromatic N) is 3. The predicted octanol–water partition coefficient (Wildman–Crippen LogP) is 4.25. The van der Waals surface area contributed by atoms with E-state index in [1.807, 2.05) is 0 Å². The molecule has 1 N–H and O–H groups in total. The second-order valence-corrected chi connectivity index (χ2v) is 6.97. The fourth-order valence-electron chi connectivity index (χ4n) is 2.55. The van der Waals surface area contributed by atoms with Crippen molar-refractivity contribution >= 4 is 11.8 Å². The number of aryl methyl sites for hydroxylation is 2. The highest BCUT2D eigenvalue weighted by Gasteiger charge is 2.27. The molecule has 6 heteroatoms. The van der Waals surface area contributed by atoms with Crippen molar-refractivity contribution in [3.8, 4) is 11.5 Å². The Hall–Kier alpha value is -2.08. The van der Waals surface area contributed by atoms with E-state index >= 15 is 0 Å². The number of benzene rings is 1. The molecule has 3 aromatic rings. The van der Waals surface area contributed by atoms with Crippen molar-refractivity contribution in [2.75, 3.05) is 0 Å². The molecule has 1 fully saturated rings. The van der Waals surface area contributed by atoms with Gasteiger partial charge in [-0.1, -0.05) is 29.5 Å². The molecule has 23 heavy (non-hydrogen) atoms. The minimum Gasteiger partial charge on any atom is -0.444 e. The lowest BCUT2D eigenvalue weighted by Crippen LogP contribution is -1.87. The molecule has 1 aliphatic rings. The Kier molecular flexibility index (Phi) is 3.69. The second kappa shape index (κ2) is 5.85. The Morgan fingerprint density at radius 2 is 2.13 bits per heavy atom. The molecule has 1 aliphatic carbocycles. The van der Waals surface area contributed by atoms with Crippen LogP contribution in [0.1, 0.15) is 41.4 Å². The van der Waals surface area contributed by atoms with Crippen molar-refractivity contribution in [2.45, 2.75) is 43.5 Å². The highest BCUT2D eigenvalue weighted by atomic mass is 32.2. The number of hydrogen-bond donors (Lipinski definition) is 1. The van der Waals surface area contributed by atoms with Crippen LogP contribution in [0.5, 0.6) is 0 Å². The minimum absolute atomic E-state index is 0.597. The molecule has 0 atom stereocenters. The van der Waals surface area contributed by atoms with Gasteiger partial charge in [0.05, 0.1) is 5.69 Å². The molecule has 0 aliphatic heterocycles. The number of H-pyrrole nitrogens is 1. The van der Waals surface area contributed by atoms with E-state index in [-0.39, 0.29) is 0 Å². The lowest BCUT2D eigenvalue weighted by molar-refractivity contribution is 0.573. The fourth-order valence-corrected chi connectivity index (χ4v) is 3.23. The van der Waals surface area contributed by atoms with Crippen molar-refractivity contribution < 1.29 is 4.42 Å². The van der Waals surface area contributed by atoms with Crippen LogP contribution < -0.4 is 0 Å². The summed E-state index contributed by atoms with van der Waals surface area (Å²) in [5.74, 6) is 2.99. The van der Waals surface area contributed by atoms with Crippen LogP contribution >= 0.6 is 11.8 Å². The standard InChI is InChI=1S/C17H18N4OS/c1-10-3-6-14(11(2)7-10)16-18-13(8-22-16)9-23-17-19-15(20-21-17)12-4-5-12/h3,6-8,12H,4-5,9H2,1-2H3,(H,19,20,21). The molecule has 1 aromatic carbocycles. The summed E-state index contributed by atoms with van der Waals surface area (Å²) in [5, 5.41) is 8.05. The molecule has 2 aromatic heterocycles. The first kappa shape index (κ1) is 14.5. The van der Waals surface area contributed by atoms with Gasteiger partial charge in [-0.15, -0.1) is 5.10 Å². The molecule has 4 rings (SSSR count). The first-order valence-corrected chi connectivity index (χ1v) is 8.75. The number of thioether (sulfide) groups is 1. The lowest BCUT2D eigenvalue weighted by Gasteiger charge is -2.02.